The first kappa shape index (κ1) is 11.9. The number of halogens is 1. The van der Waals surface area contributed by atoms with Crippen molar-refractivity contribution in [1.29, 1.82) is 0 Å². The van der Waals surface area contributed by atoms with Crippen LogP contribution in [0, 0.1) is 0 Å². The van der Waals surface area contributed by atoms with E-state index in [1.54, 1.807) is 6.20 Å². The third-order valence-electron chi connectivity index (χ3n) is 2.30. The smallest absolute Gasteiger partial charge is 0.257 e. The van der Waals surface area contributed by atoms with Gasteiger partial charge in [0.05, 0.1) is 0 Å². The van der Waals surface area contributed by atoms with Gasteiger partial charge in [-0.15, -0.1) is 0 Å². The second-order valence-corrected chi connectivity index (χ2v) is 4.01. The van der Waals surface area contributed by atoms with Crippen LogP contribution in [0.25, 0.3) is 0 Å². The molecule has 0 fully saturated rings. The Morgan fingerprint density at radius 3 is 2.47 bits per heavy atom. The molecule has 0 radical (unpaired) electrons. The summed E-state index contributed by atoms with van der Waals surface area (Å²) in [6, 6.07) is 7.91. The third kappa shape index (κ3) is 3.17. The van der Waals surface area contributed by atoms with E-state index in [0.717, 1.165) is 12.8 Å². The number of nitrogens with zero attached hydrogens (tertiary/aromatic N) is 2. The van der Waals surface area contributed by atoms with Crippen molar-refractivity contribution < 1.29 is 4.74 Å². The van der Waals surface area contributed by atoms with Crippen molar-refractivity contribution in [2.75, 3.05) is 0 Å². The highest BCUT2D eigenvalue weighted by atomic mass is 35.5. The minimum Gasteiger partial charge on any atom is -0.436 e. The second-order valence-electron chi connectivity index (χ2n) is 3.65. The van der Waals surface area contributed by atoms with Gasteiger partial charge >= 0.3 is 0 Å². The summed E-state index contributed by atoms with van der Waals surface area (Å²) in [6.07, 6.45) is 5.29. The lowest BCUT2D eigenvalue weighted by Gasteiger charge is -2.06. The molecule has 0 amide bonds. The van der Waals surface area contributed by atoms with E-state index in [2.05, 4.69) is 16.9 Å². The van der Waals surface area contributed by atoms with E-state index in [1.807, 2.05) is 24.3 Å². The summed E-state index contributed by atoms with van der Waals surface area (Å²) in [5.41, 5.74) is 1.30. The van der Waals surface area contributed by atoms with Crippen molar-refractivity contribution in [2.45, 2.75) is 19.8 Å². The van der Waals surface area contributed by atoms with E-state index in [4.69, 9.17) is 16.3 Å². The van der Waals surface area contributed by atoms with Gasteiger partial charge in [0.15, 0.2) is 5.15 Å². The molecule has 1 heterocycles. The SMILES string of the molecule is CCCc1ccc(Oc2nccnc2Cl)cc1. The van der Waals surface area contributed by atoms with Crippen molar-refractivity contribution in [2.24, 2.45) is 0 Å². The zero-order chi connectivity index (χ0) is 12.1. The minimum atomic E-state index is 0.269. The van der Waals surface area contributed by atoms with Crippen LogP contribution in [-0.2, 0) is 6.42 Å². The summed E-state index contributed by atoms with van der Waals surface area (Å²) in [4.78, 5) is 7.92. The molecule has 0 atom stereocenters. The van der Waals surface area contributed by atoms with Gasteiger partial charge in [-0.25, -0.2) is 9.97 Å². The Balaban J connectivity index is 2.11. The van der Waals surface area contributed by atoms with Crippen molar-refractivity contribution in [3.63, 3.8) is 0 Å². The number of hydrogen-bond donors (Lipinski definition) is 0. The van der Waals surface area contributed by atoms with E-state index in [9.17, 15) is 0 Å². The fourth-order valence-corrected chi connectivity index (χ4v) is 1.64. The van der Waals surface area contributed by atoms with E-state index in [-0.39, 0.29) is 5.15 Å². The average Bonchev–Trinajstić information content (AvgIpc) is 2.35. The molecule has 0 unspecified atom stereocenters. The minimum absolute atomic E-state index is 0.269. The number of ether oxygens (including phenoxy) is 1. The maximum atomic E-state index is 5.86. The molecule has 1 aromatic carbocycles. The first-order valence-electron chi connectivity index (χ1n) is 5.53. The molecular formula is C13H13ClN2O. The number of aromatic nitrogens is 2. The van der Waals surface area contributed by atoms with Crippen molar-refractivity contribution in [3.05, 3.63) is 47.4 Å². The van der Waals surface area contributed by atoms with Gasteiger partial charge in [0.25, 0.3) is 5.88 Å². The number of rotatable bonds is 4. The highest BCUT2D eigenvalue weighted by Gasteiger charge is 2.04. The molecule has 0 N–H and O–H groups in total. The Morgan fingerprint density at radius 1 is 1.12 bits per heavy atom. The fraction of sp³-hybridized carbons (Fsp3) is 0.231. The van der Waals surface area contributed by atoms with Crippen LogP contribution < -0.4 is 4.74 Å². The molecule has 0 spiro atoms. The third-order valence-corrected chi connectivity index (χ3v) is 2.56. The van der Waals surface area contributed by atoms with Crippen LogP contribution in [-0.4, -0.2) is 9.97 Å². The normalized spacial score (nSPS) is 10.2. The lowest BCUT2D eigenvalue weighted by molar-refractivity contribution is 0.460. The van der Waals surface area contributed by atoms with Gasteiger partial charge < -0.3 is 4.74 Å². The van der Waals surface area contributed by atoms with Crippen LogP contribution in [0.15, 0.2) is 36.7 Å². The van der Waals surface area contributed by atoms with E-state index in [1.165, 1.54) is 11.8 Å². The van der Waals surface area contributed by atoms with Gasteiger partial charge in [0, 0.05) is 12.4 Å². The summed E-state index contributed by atoms with van der Waals surface area (Å²) in [7, 11) is 0. The van der Waals surface area contributed by atoms with E-state index in [0.29, 0.717) is 11.6 Å². The van der Waals surface area contributed by atoms with Gasteiger partial charge in [-0.2, -0.15) is 0 Å². The topological polar surface area (TPSA) is 35.0 Å². The van der Waals surface area contributed by atoms with Crippen LogP contribution in [0.1, 0.15) is 18.9 Å². The predicted molar refractivity (Wildman–Crippen MR) is 67.6 cm³/mol. The standard InChI is InChI=1S/C13H13ClN2O/c1-2-3-10-4-6-11(7-5-10)17-13-12(14)15-8-9-16-13/h4-9H,2-3H2,1H3. The maximum Gasteiger partial charge on any atom is 0.257 e. The van der Waals surface area contributed by atoms with Gasteiger partial charge in [0.2, 0.25) is 0 Å². The quantitative estimate of drug-likeness (QED) is 0.824. The molecular weight excluding hydrogens is 236 g/mol. The number of aryl methyl sites for hydroxylation is 1. The Kier molecular flexibility index (Phi) is 3.94. The summed E-state index contributed by atoms with van der Waals surface area (Å²) >= 11 is 5.86. The van der Waals surface area contributed by atoms with Gasteiger partial charge in [-0.3, -0.25) is 0 Å². The first-order valence-corrected chi connectivity index (χ1v) is 5.90. The molecule has 2 rings (SSSR count). The Morgan fingerprint density at radius 2 is 1.82 bits per heavy atom. The molecule has 2 aromatic rings. The van der Waals surface area contributed by atoms with E-state index >= 15 is 0 Å². The molecule has 0 bridgehead atoms. The molecule has 0 saturated carbocycles. The van der Waals surface area contributed by atoms with Crippen molar-refractivity contribution in [3.8, 4) is 11.6 Å². The van der Waals surface area contributed by atoms with Crippen LogP contribution >= 0.6 is 11.6 Å². The first-order chi connectivity index (χ1) is 8.29. The highest BCUT2D eigenvalue weighted by molar-refractivity contribution is 6.30. The van der Waals surface area contributed by atoms with Crippen LogP contribution in [0.3, 0.4) is 0 Å². The molecule has 0 saturated heterocycles. The zero-order valence-electron chi connectivity index (χ0n) is 9.56. The Hall–Kier alpha value is -1.61. The molecule has 3 nitrogen and oxygen atoms in total. The fourth-order valence-electron chi connectivity index (χ4n) is 1.50. The van der Waals surface area contributed by atoms with Gasteiger partial charge in [-0.05, 0) is 24.1 Å². The highest BCUT2D eigenvalue weighted by Crippen LogP contribution is 2.24. The molecule has 0 aliphatic carbocycles. The molecule has 0 aliphatic rings. The Bertz CT molecular complexity index is 485. The predicted octanol–water partition coefficient (Wildman–Crippen LogP) is 3.87. The van der Waals surface area contributed by atoms with Crippen molar-refractivity contribution >= 4 is 11.6 Å². The second kappa shape index (κ2) is 5.64. The average molecular weight is 249 g/mol. The Labute approximate surface area is 105 Å². The summed E-state index contributed by atoms with van der Waals surface area (Å²) in [5.74, 6) is 1.05. The summed E-state index contributed by atoms with van der Waals surface area (Å²) in [5, 5.41) is 0.269. The van der Waals surface area contributed by atoms with Gasteiger partial charge in [0.1, 0.15) is 5.75 Å². The summed E-state index contributed by atoms with van der Waals surface area (Å²) in [6.45, 7) is 2.16. The largest absolute Gasteiger partial charge is 0.436 e. The van der Waals surface area contributed by atoms with Gasteiger partial charge in [-0.1, -0.05) is 37.1 Å². The molecule has 4 heteroatoms. The molecule has 1 aromatic heterocycles. The molecule has 0 aliphatic heterocycles. The zero-order valence-corrected chi connectivity index (χ0v) is 10.3. The van der Waals surface area contributed by atoms with Crippen LogP contribution in [0.4, 0.5) is 0 Å². The summed E-state index contributed by atoms with van der Waals surface area (Å²) < 4.78 is 5.54. The monoisotopic (exact) mass is 248 g/mol. The lowest BCUT2D eigenvalue weighted by Crippen LogP contribution is -1.91. The number of hydrogen-bond acceptors (Lipinski definition) is 3. The van der Waals surface area contributed by atoms with Crippen LogP contribution in [0.2, 0.25) is 5.15 Å². The number of benzene rings is 1. The van der Waals surface area contributed by atoms with Crippen molar-refractivity contribution in [1.82, 2.24) is 9.97 Å². The lowest BCUT2D eigenvalue weighted by atomic mass is 10.1. The molecule has 88 valence electrons. The van der Waals surface area contributed by atoms with E-state index < -0.39 is 0 Å². The molecule has 17 heavy (non-hydrogen) atoms. The van der Waals surface area contributed by atoms with Crippen LogP contribution in [0.5, 0.6) is 11.6 Å². The maximum absolute atomic E-state index is 5.86.